The molecule has 1 amide bonds. The second-order valence-electron chi connectivity index (χ2n) is 4.45. The van der Waals surface area contributed by atoms with Gasteiger partial charge in [-0.2, -0.15) is 0 Å². The lowest BCUT2D eigenvalue weighted by Crippen LogP contribution is -2.08. The summed E-state index contributed by atoms with van der Waals surface area (Å²) in [5.74, 6) is -0.657. The number of carbonyl (C=O) groups excluding carboxylic acids is 1. The number of anilines is 2. The van der Waals surface area contributed by atoms with E-state index in [1.807, 2.05) is 12.1 Å². The van der Waals surface area contributed by atoms with Crippen molar-refractivity contribution in [1.82, 2.24) is 0 Å². The Hall–Kier alpha value is -2.62. The minimum Gasteiger partial charge on any atom is -0.399 e. The van der Waals surface area contributed by atoms with Crippen LogP contribution in [0.25, 0.3) is 6.08 Å². The fourth-order valence-electron chi connectivity index (χ4n) is 1.63. The molecule has 3 nitrogen and oxygen atoms in total. The zero-order chi connectivity index (χ0) is 14.5. The first-order valence-electron chi connectivity index (χ1n) is 6.15. The summed E-state index contributed by atoms with van der Waals surface area (Å²) in [6.07, 6.45) is 3.06. The van der Waals surface area contributed by atoms with Crippen molar-refractivity contribution < 1.29 is 9.18 Å². The highest BCUT2D eigenvalue weighted by atomic mass is 19.1. The summed E-state index contributed by atoms with van der Waals surface area (Å²) in [6, 6.07) is 11.7. The Morgan fingerprint density at radius 1 is 1.20 bits per heavy atom. The Balaban J connectivity index is 2.01. The van der Waals surface area contributed by atoms with Crippen molar-refractivity contribution in [2.24, 2.45) is 0 Å². The van der Waals surface area contributed by atoms with Gasteiger partial charge in [-0.05, 0) is 48.4 Å². The quantitative estimate of drug-likeness (QED) is 0.663. The number of rotatable bonds is 3. The molecule has 102 valence electrons. The molecule has 0 aliphatic heterocycles. The summed E-state index contributed by atoms with van der Waals surface area (Å²) in [4.78, 5) is 11.7. The zero-order valence-corrected chi connectivity index (χ0v) is 11.1. The van der Waals surface area contributed by atoms with E-state index < -0.39 is 0 Å². The second-order valence-corrected chi connectivity index (χ2v) is 4.45. The van der Waals surface area contributed by atoms with Crippen LogP contribution in [-0.2, 0) is 4.79 Å². The molecule has 0 unspecified atom stereocenters. The molecule has 2 rings (SSSR count). The molecule has 20 heavy (non-hydrogen) atoms. The van der Waals surface area contributed by atoms with Crippen LogP contribution in [0.5, 0.6) is 0 Å². The molecule has 0 saturated carbocycles. The van der Waals surface area contributed by atoms with E-state index in [2.05, 4.69) is 5.32 Å². The van der Waals surface area contributed by atoms with Gasteiger partial charge in [0.2, 0.25) is 5.91 Å². The molecule has 0 spiro atoms. The van der Waals surface area contributed by atoms with Gasteiger partial charge in [-0.3, -0.25) is 4.79 Å². The van der Waals surface area contributed by atoms with E-state index in [0.717, 1.165) is 5.56 Å². The predicted molar refractivity (Wildman–Crippen MR) is 79.7 cm³/mol. The van der Waals surface area contributed by atoms with E-state index in [-0.39, 0.29) is 11.7 Å². The molecule has 0 aliphatic carbocycles. The smallest absolute Gasteiger partial charge is 0.248 e. The SMILES string of the molecule is Cc1ccc(NC(=O)/C=C/c2ccc(N)cc2)cc1F. The third kappa shape index (κ3) is 3.68. The molecule has 0 radical (unpaired) electrons. The predicted octanol–water partition coefficient (Wildman–Crippen LogP) is 3.37. The van der Waals surface area contributed by atoms with Crippen LogP contribution in [0.3, 0.4) is 0 Å². The first kappa shape index (κ1) is 13.8. The first-order valence-corrected chi connectivity index (χ1v) is 6.15. The van der Waals surface area contributed by atoms with Crippen molar-refractivity contribution >= 4 is 23.4 Å². The van der Waals surface area contributed by atoms with E-state index in [9.17, 15) is 9.18 Å². The Morgan fingerprint density at radius 3 is 2.55 bits per heavy atom. The summed E-state index contributed by atoms with van der Waals surface area (Å²) >= 11 is 0. The van der Waals surface area contributed by atoms with Gasteiger partial charge in [-0.25, -0.2) is 4.39 Å². The lowest BCUT2D eigenvalue weighted by Gasteiger charge is -2.03. The number of hydrogen-bond acceptors (Lipinski definition) is 2. The van der Waals surface area contributed by atoms with Crippen LogP contribution < -0.4 is 11.1 Å². The van der Waals surface area contributed by atoms with Crippen molar-refractivity contribution in [3.05, 3.63) is 65.5 Å². The maximum atomic E-state index is 13.3. The van der Waals surface area contributed by atoms with Crippen LogP contribution >= 0.6 is 0 Å². The number of halogens is 1. The highest BCUT2D eigenvalue weighted by molar-refractivity contribution is 6.01. The highest BCUT2D eigenvalue weighted by Gasteiger charge is 2.01. The molecule has 0 fully saturated rings. The van der Waals surface area contributed by atoms with Gasteiger partial charge in [0.25, 0.3) is 0 Å². The third-order valence-electron chi connectivity index (χ3n) is 2.80. The van der Waals surface area contributed by atoms with Gasteiger partial charge < -0.3 is 11.1 Å². The number of nitrogens with two attached hydrogens (primary N) is 1. The molecular weight excluding hydrogens is 255 g/mol. The lowest BCUT2D eigenvalue weighted by molar-refractivity contribution is -0.111. The van der Waals surface area contributed by atoms with Crippen LogP contribution in [-0.4, -0.2) is 5.91 Å². The largest absolute Gasteiger partial charge is 0.399 e. The second kappa shape index (κ2) is 6.02. The molecule has 0 atom stereocenters. The van der Waals surface area contributed by atoms with E-state index in [0.29, 0.717) is 16.9 Å². The fourth-order valence-corrected chi connectivity index (χ4v) is 1.63. The molecule has 0 bridgehead atoms. The Bertz CT molecular complexity index is 648. The molecule has 0 aromatic heterocycles. The molecular formula is C16H15FN2O. The standard InChI is InChI=1S/C16H15FN2O/c1-11-2-8-14(10-15(11)17)19-16(20)9-5-12-3-6-13(18)7-4-12/h2-10H,18H2,1H3,(H,19,20)/b9-5+. The van der Waals surface area contributed by atoms with Crippen molar-refractivity contribution in [1.29, 1.82) is 0 Å². The van der Waals surface area contributed by atoms with Crippen LogP contribution in [0.1, 0.15) is 11.1 Å². The van der Waals surface area contributed by atoms with Crippen LogP contribution in [0, 0.1) is 12.7 Å². The van der Waals surface area contributed by atoms with Crippen LogP contribution in [0.15, 0.2) is 48.5 Å². The highest BCUT2D eigenvalue weighted by Crippen LogP contribution is 2.13. The summed E-state index contributed by atoms with van der Waals surface area (Å²) in [6.45, 7) is 1.67. The number of nitrogen functional groups attached to an aromatic ring is 1. The van der Waals surface area contributed by atoms with Gasteiger partial charge in [0.15, 0.2) is 0 Å². The van der Waals surface area contributed by atoms with Crippen LogP contribution in [0.4, 0.5) is 15.8 Å². The lowest BCUT2D eigenvalue weighted by atomic mass is 10.2. The van der Waals surface area contributed by atoms with E-state index in [1.54, 1.807) is 37.3 Å². The average molecular weight is 270 g/mol. The van der Waals surface area contributed by atoms with Gasteiger partial charge in [0, 0.05) is 17.5 Å². The number of carbonyl (C=O) groups is 1. The maximum absolute atomic E-state index is 13.3. The number of benzene rings is 2. The molecule has 3 N–H and O–H groups in total. The van der Waals surface area contributed by atoms with Gasteiger partial charge in [0.1, 0.15) is 5.82 Å². The fraction of sp³-hybridized carbons (Fsp3) is 0.0625. The number of amides is 1. The van der Waals surface area contributed by atoms with Gasteiger partial charge in [0.05, 0.1) is 0 Å². The maximum Gasteiger partial charge on any atom is 0.248 e. The number of hydrogen-bond donors (Lipinski definition) is 2. The van der Waals surface area contributed by atoms with Crippen molar-refractivity contribution in [3.63, 3.8) is 0 Å². The number of aryl methyl sites for hydroxylation is 1. The summed E-state index contributed by atoms with van der Waals surface area (Å²) in [5, 5.41) is 2.60. The summed E-state index contributed by atoms with van der Waals surface area (Å²) < 4.78 is 13.3. The Morgan fingerprint density at radius 2 is 1.90 bits per heavy atom. The molecule has 0 heterocycles. The van der Waals surface area contributed by atoms with E-state index >= 15 is 0 Å². The first-order chi connectivity index (χ1) is 9.54. The molecule has 4 heteroatoms. The van der Waals surface area contributed by atoms with Crippen molar-refractivity contribution in [2.45, 2.75) is 6.92 Å². The van der Waals surface area contributed by atoms with Gasteiger partial charge in [-0.15, -0.1) is 0 Å². The number of nitrogens with one attached hydrogen (secondary N) is 1. The van der Waals surface area contributed by atoms with Crippen molar-refractivity contribution in [2.75, 3.05) is 11.1 Å². The minimum absolute atomic E-state index is 0.315. The van der Waals surface area contributed by atoms with Crippen LogP contribution in [0.2, 0.25) is 0 Å². The average Bonchev–Trinajstić information content (AvgIpc) is 2.42. The molecule has 2 aromatic carbocycles. The van der Waals surface area contributed by atoms with Crippen molar-refractivity contribution in [3.8, 4) is 0 Å². The summed E-state index contributed by atoms with van der Waals surface area (Å²) in [5.41, 5.74) is 8.08. The third-order valence-corrected chi connectivity index (χ3v) is 2.80. The topological polar surface area (TPSA) is 55.1 Å². The Labute approximate surface area is 116 Å². The Kier molecular flexibility index (Phi) is 4.15. The molecule has 2 aromatic rings. The van der Waals surface area contributed by atoms with Gasteiger partial charge in [-0.1, -0.05) is 18.2 Å². The summed E-state index contributed by atoms with van der Waals surface area (Å²) in [7, 11) is 0. The normalized spacial score (nSPS) is 10.7. The van der Waals surface area contributed by atoms with Gasteiger partial charge >= 0.3 is 0 Å². The van der Waals surface area contributed by atoms with E-state index in [4.69, 9.17) is 5.73 Å². The van der Waals surface area contributed by atoms with E-state index in [1.165, 1.54) is 12.1 Å². The minimum atomic E-state index is -0.342. The zero-order valence-electron chi connectivity index (χ0n) is 11.1. The molecule has 0 saturated heterocycles. The molecule has 0 aliphatic rings. The monoisotopic (exact) mass is 270 g/mol.